The van der Waals surface area contributed by atoms with Gasteiger partial charge in [0.15, 0.2) is 0 Å². The summed E-state index contributed by atoms with van der Waals surface area (Å²) < 4.78 is 0. The van der Waals surface area contributed by atoms with E-state index in [4.69, 9.17) is 0 Å². The lowest BCUT2D eigenvalue weighted by atomic mass is 10.1. The van der Waals surface area contributed by atoms with E-state index >= 15 is 0 Å². The highest BCUT2D eigenvalue weighted by Crippen LogP contribution is 2.08. The molecule has 1 radical (unpaired) electrons. The van der Waals surface area contributed by atoms with Gasteiger partial charge in [-0.2, -0.15) is 0 Å². The second kappa shape index (κ2) is 7.15. The average molecular weight is 163 g/mol. The molecule has 1 aliphatic rings. The van der Waals surface area contributed by atoms with Gasteiger partial charge in [0.25, 0.3) is 0 Å². The Balaban J connectivity index is 2.19. The molecule has 12 heavy (non-hydrogen) atoms. The Hall–Kier alpha value is -0.520. The maximum absolute atomic E-state index is 2.31. The molecular weight excluding hydrogens is 144 g/mol. The van der Waals surface area contributed by atoms with E-state index in [2.05, 4.69) is 30.7 Å². The third-order valence-corrected chi connectivity index (χ3v) is 2.20. The van der Waals surface area contributed by atoms with Crippen molar-refractivity contribution in [1.82, 2.24) is 0 Å². The Morgan fingerprint density at radius 2 is 1.42 bits per heavy atom. The Morgan fingerprint density at radius 1 is 0.667 bits per heavy atom. The van der Waals surface area contributed by atoms with Crippen molar-refractivity contribution in [1.29, 1.82) is 0 Å². The van der Waals surface area contributed by atoms with Crippen LogP contribution in [0.2, 0.25) is 0 Å². The van der Waals surface area contributed by atoms with Gasteiger partial charge in [-0.05, 0) is 38.5 Å². The van der Waals surface area contributed by atoms with Gasteiger partial charge in [-0.15, -0.1) is 0 Å². The minimum Gasteiger partial charge on any atom is -0.0885 e. The van der Waals surface area contributed by atoms with Crippen LogP contribution in [0.5, 0.6) is 0 Å². The van der Waals surface area contributed by atoms with Crippen molar-refractivity contribution in [3.63, 3.8) is 0 Å². The second-order valence-corrected chi connectivity index (χ2v) is 3.36. The predicted octanol–water partition coefficient (Wildman–Crippen LogP) is 4.05. The molecule has 0 saturated carbocycles. The van der Waals surface area contributed by atoms with Crippen molar-refractivity contribution >= 4 is 0 Å². The molecule has 0 aromatic rings. The van der Waals surface area contributed by atoms with Gasteiger partial charge in [-0.25, -0.2) is 0 Å². The first kappa shape index (κ1) is 9.57. The Labute approximate surface area is 76.4 Å². The fraction of sp³-hybridized carbons (Fsp3) is 0.583. The van der Waals surface area contributed by atoms with E-state index in [1.165, 1.54) is 38.5 Å². The predicted molar refractivity (Wildman–Crippen MR) is 54.9 cm³/mol. The molecule has 0 aliphatic heterocycles. The molecule has 0 spiro atoms. The summed E-state index contributed by atoms with van der Waals surface area (Å²) in [6.07, 6.45) is 20.5. The summed E-state index contributed by atoms with van der Waals surface area (Å²) in [6, 6.07) is 0. The largest absolute Gasteiger partial charge is 0.0885 e. The average Bonchev–Trinajstić information content (AvgIpc) is 2.05. The van der Waals surface area contributed by atoms with Crippen molar-refractivity contribution in [2.45, 2.75) is 44.9 Å². The molecule has 0 bridgehead atoms. The fourth-order valence-corrected chi connectivity index (χ4v) is 1.44. The van der Waals surface area contributed by atoms with Crippen LogP contribution >= 0.6 is 0 Å². The summed E-state index contributed by atoms with van der Waals surface area (Å²) in [6.45, 7) is 0. The van der Waals surface area contributed by atoms with Crippen molar-refractivity contribution in [3.8, 4) is 0 Å². The minimum atomic E-state index is 1.11. The second-order valence-electron chi connectivity index (χ2n) is 3.36. The molecule has 67 valence electrons. The molecule has 1 rings (SSSR count). The summed E-state index contributed by atoms with van der Waals surface area (Å²) in [5.41, 5.74) is 0. The summed E-state index contributed by atoms with van der Waals surface area (Å²) in [5, 5.41) is 0. The van der Waals surface area contributed by atoms with Crippen molar-refractivity contribution in [3.05, 3.63) is 30.7 Å². The maximum Gasteiger partial charge on any atom is -0.0133 e. The third kappa shape index (κ3) is 5.17. The molecule has 0 unspecified atom stereocenters. The van der Waals surface area contributed by atoms with Crippen molar-refractivity contribution < 1.29 is 0 Å². The normalized spacial score (nSPS) is 26.7. The van der Waals surface area contributed by atoms with E-state index < -0.39 is 0 Å². The summed E-state index contributed by atoms with van der Waals surface area (Å²) in [7, 11) is 0. The van der Waals surface area contributed by atoms with Crippen LogP contribution in [-0.2, 0) is 0 Å². The van der Waals surface area contributed by atoms with Crippen LogP contribution in [0, 0.1) is 6.42 Å². The first-order valence-corrected chi connectivity index (χ1v) is 5.13. The lowest BCUT2D eigenvalue weighted by Gasteiger charge is -1.98. The van der Waals surface area contributed by atoms with Gasteiger partial charge in [-0.1, -0.05) is 37.1 Å². The van der Waals surface area contributed by atoms with E-state index in [0.717, 1.165) is 6.42 Å². The zero-order valence-corrected chi connectivity index (χ0v) is 7.84. The summed E-state index contributed by atoms with van der Waals surface area (Å²) in [5.74, 6) is 0. The van der Waals surface area contributed by atoms with E-state index in [9.17, 15) is 0 Å². The Bertz CT molecular complexity index is 124. The number of allylic oxidation sites excluding steroid dienone is 4. The van der Waals surface area contributed by atoms with Crippen molar-refractivity contribution in [2.24, 2.45) is 0 Å². The van der Waals surface area contributed by atoms with Crippen LogP contribution in [0.25, 0.3) is 0 Å². The Morgan fingerprint density at radius 3 is 2.25 bits per heavy atom. The Kier molecular flexibility index (Phi) is 5.70. The fourth-order valence-electron chi connectivity index (χ4n) is 1.44. The van der Waals surface area contributed by atoms with Crippen LogP contribution in [0.15, 0.2) is 24.3 Å². The summed E-state index contributed by atoms with van der Waals surface area (Å²) >= 11 is 0. The highest BCUT2D eigenvalue weighted by Gasteiger charge is 1.88. The molecule has 0 aromatic carbocycles. The van der Waals surface area contributed by atoms with Gasteiger partial charge in [0.2, 0.25) is 0 Å². The third-order valence-electron chi connectivity index (χ3n) is 2.20. The smallest absolute Gasteiger partial charge is 0.0133 e. The monoisotopic (exact) mass is 163 g/mol. The highest BCUT2D eigenvalue weighted by molar-refractivity contribution is 4.99. The van der Waals surface area contributed by atoms with Gasteiger partial charge < -0.3 is 0 Å². The zero-order chi connectivity index (χ0) is 8.49. The van der Waals surface area contributed by atoms with Crippen LogP contribution in [0.4, 0.5) is 0 Å². The molecule has 0 fully saturated rings. The molecule has 0 nitrogen and oxygen atoms in total. The van der Waals surface area contributed by atoms with Crippen LogP contribution in [0.3, 0.4) is 0 Å². The molecule has 0 atom stereocenters. The summed E-state index contributed by atoms with van der Waals surface area (Å²) in [4.78, 5) is 0. The molecule has 0 aromatic heterocycles. The van der Waals surface area contributed by atoms with Crippen LogP contribution in [-0.4, -0.2) is 0 Å². The van der Waals surface area contributed by atoms with Crippen LogP contribution < -0.4 is 0 Å². The van der Waals surface area contributed by atoms with Crippen LogP contribution in [0.1, 0.15) is 44.9 Å². The molecule has 0 N–H and O–H groups in total. The molecule has 0 heterocycles. The van der Waals surface area contributed by atoms with E-state index in [1.807, 2.05) is 0 Å². The molecule has 0 heteroatoms. The van der Waals surface area contributed by atoms with E-state index in [0.29, 0.717) is 0 Å². The number of hydrogen-bond acceptors (Lipinski definition) is 0. The molecule has 1 aliphatic carbocycles. The zero-order valence-electron chi connectivity index (χ0n) is 7.84. The van der Waals surface area contributed by atoms with Gasteiger partial charge in [0.1, 0.15) is 0 Å². The van der Waals surface area contributed by atoms with Gasteiger partial charge in [0, 0.05) is 0 Å². The van der Waals surface area contributed by atoms with Crippen molar-refractivity contribution in [2.75, 3.05) is 0 Å². The molecular formula is C12H19. The quantitative estimate of drug-likeness (QED) is 0.473. The minimum absolute atomic E-state index is 1.11. The van der Waals surface area contributed by atoms with E-state index in [1.54, 1.807) is 0 Å². The molecule has 0 saturated heterocycles. The van der Waals surface area contributed by atoms with Gasteiger partial charge in [-0.3, -0.25) is 0 Å². The lowest BCUT2D eigenvalue weighted by molar-refractivity contribution is 0.651. The topological polar surface area (TPSA) is 0 Å². The lowest BCUT2D eigenvalue weighted by Crippen LogP contribution is -1.78. The number of hydrogen-bond donors (Lipinski definition) is 0. The SMILES string of the molecule is [CH]1/C=C\CCCCCC/C=C\C1. The highest BCUT2D eigenvalue weighted by atomic mass is 13.9. The van der Waals surface area contributed by atoms with E-state index in [-0.39, 0.29) is 0 Å². The first-order valence-electron chi connectivity index (χ1n) is 5.13. The first-order chi connectivity index (χ1) is 6.00. The number of rotatable bonds is 0. The van der Waals surface area contributed by atoms with Gasteiger partial charge in [0.05, 0.1) is 0 Å². The standard InChI is InChI=1S/C12H19/c1-2-4-6-8-10-12-11-9-7-5-3-1/h1-3,6,8H,4-5,7,9-12H2/b3-1-,8-6-. The maximum atomic E-state index is 2.31. The van der Waals surface area contributed by atoms with Gasteiger partial charge >= 0.3 is 0 Å². The molecule has 0 amide bonds.